The summed E-state index contributed by atoms with van der Waals surface area (Å²) in [6.45, 7) is 3.61. The summed E-state index contributed by atoms with van der Waals surface area (Å²) in [7, 11) is 0. The van der Waals surface area contributed by atoms with Crippen molar-refractivity contribution < 1.29 is 14.6 Å². The molecule has 1 aromatic heterocycles. The minimum atomic E-state index is -0.533. The molecule has 2 aromatic carbocycles. The summed E-state index contributed by atoms with van der Waals surface area (Å²) >= 11 is 0. The van der Waals surface area contributed by atoms with Crippen molar-refractivity contribution in [2.75, 3.05) is 32.8 Å². The average molecular weight is 435 g/mol. The number of ether oxygens (including phenoxy) is 1. The minimum absolute atomic E-state index is 0.178. The molecule has 1 atom stereocenters. The van der Waals surface area contributed by atoms with Crippen LogP contribution in [-0.2, 0) is 4.79 Å². The number of nitrogens with zero attached hydrogens (tertiary/aromatic N) is 2. The van der Waals surface area contributed by atoms with E-state index >= 15 is 0 Å². The molecule has 7 nitrogen and oxygen atoms in total. The van der Waals surface area contributed by atoms with E-state index in [1.54, 1.807) is 0 Å². The number of amides is 1. The number of likely N-dealkylation sites (tertiary alicyclic amines) is 1. The van der Waals surface area contributed by atoms with Gasteiger partial charge in [0.2, 0.25) is 5.91 Å². The Labute approximate surface area is 187 Å². The molecule has 0 radical (unpaired) electrons. The number of β-amino-alcohol motifs (C(OH)–C–C–N with tert-alkyl or cyclic N) is 1. The predicted molar refractivity (Wildman–Crippen MR) is 123 cm³/mol. The first kappa shape index (κ1) is 21.0. The lowest BCUT2D eigenvalue weighted by Gasteiger charge is -2.44. The van der Waals surface area contributed by atoms with Gasteiger partial charge in [-0.3, -0.25) is 9.89 Å². The van der Waals surface area contributed by atoms with Crippen molar-refractivity contribution in [3.8, 4) is 16.9 Å². The highest BCUT2D eigenvalue weighted by Crippen LogP contribution is 2.37. The Kier molecular flexibility index (Phi) is 5.85. The number of H-pyrrole nitrogens is 1. The van der Waals surface area contributed by atoms with Gasteiger partial charge in [0.05, 0.1) is 6.20 Å². The molecule has 3 N–H and O–H groups in total. The molecular weight excluding hydrogens is 404 g/mol. The van der Waals surface area contributed by atoms with Crippen molar-refractivity contribution in [1.82, 2.24) is 20.4 Å². The SMILES string of the molecule is O=C1CCC2(CCN(CC(O)COc3ccc4cc(-c5cn[nH]c5)ccc4c3)CC2)CN1. The third-order valence-corrected chi connectivity index (χ3v) is 7.01. The second-order valence-electron chi connectivity index (χ2n) is 9.25. The zero-order valence-corrected chi connectivity index (χ0v) is 18.2. The van der Waals surface area contributed by atoms with Gasteiger partial charge in [0.1, 0.15) is 18.5 Å². The fourth-order valence-corrected chi connectivity index (χ4v) is 4.92. The van der Waals surface area contributed by atoms with Crippen LogP contribution in [0, 0.1) is 5.41 Å². The Morgan fingerprint density at radius 3 is 2.66 bits per heavy atom. The molecule has 2 aliphatic heterocycles. The van der Waals surface area contributed by atoms with E-state index in [0.717, 1.165) is 66.5 Å². The molecule has 2 saturated heterocycles. The molecule has 3 aromatic rings. The van der Waals surface area contributed by atoms with Crippen molar-refractivity contribution in [1.29, 1.82) is 0 Å². The van der Waals surface area contributed by atoms with Gasteiger partial charge in [0.25, 0.3) is 0 Å². The first-order valence-electron chi connectivity index (χ1n) is 11.4. The average Bonchev–Trinajstić information content (AvgIpc) is 3.36. The van der Waals surface area contributed by atoms with Crippen LogP contribution in [0.25, 0.3) is 21.9 Å². The first-order valence-corrected chi connectivity index (χ1v) is 11.4. The normalized spacial score (nSPS) is 19.7. The molecular formula is C25H30N4O3. The second-order valence-corrected chi connectivity index (χ2v) is 9.25. The number of fused-ring (bicyclic) bond motifs is 1. The maximum Gasteiger partial charge on any atom is 0.220 e. The van der Waals surface area contributed by atoms with Gasteiger partial charge in [0.15, 0.2) is 0 Å². The van der Waals surface area contributed by atoms with Crippen molar-refractivity contribution in [2.24, 2.45) is 5.41 Å². The highest BCUT2D eigenvalue weighted by molar-refractivity contribution is 5.88. The van der Waals surface area contributed by atoms with Gasteiger partial charge in [-0.25, -0.2) is 0 Å². The van der Waals surface area contributed by atoms with Crippen LogP contribution in [0.4, 0.5) is 0 Å². The number of aromatic amines is 1. The van der Waals surface area contributed by atoms with E-state index in [1.165, 1.54) is 0 Å². The van der Waals surface area contributed by atoms with Crippen LogP contribution in [0.5, 0.6) is 5.75 Å². The second kappa shape index (κ2) is 8.92. The van der Waals surface area contributed by atoms with E-state index in [4.69, 9.17) is 4.74 Å². The number of hydrogen-bond acceptors (Lipinski definition) is 5. The van der Waals surface area contributed by atoms with Crippen molar-refractivity contribution >= 4 is 16.7 Å². The summed E-state index contributed by atoms with van der Waals surface area (Å²) in [5, 5.41) is 22.6. The maximum absolute atomic E-state index is 11.5. The zero-order chi connectivity index (χ0) is 22.0. The Morgan fingerprint density at radius 2 is 1.91 bits per heavy atom. The molecule has 2 fully saturated rings. The minimum Gasteiger partial charge on any atom is -0.491 e. The fraction of sp³-hybridized carbons (Fsp3) is 0.440. The quantitative estimate of drug-likeness (QED) is 0.555. The van der Waals surface area contributed by atoms with Gasteiger partial charge in [-0.15, -0.1) is 0 Å². The number of rotatable bonds is 6. The summed E-state index contributed by atoms with van der Waals surface area (Å²) in [6, 6.07) is 12.3. The number of piperidine rings is 2. The predicted octanol–water partition coefficient (Wildman–Crippen LogP) is 2.96. The number of carbonyl (C=O) groups is 1. The Bertz CT molecular complexity index is 1060. The molecule has 0 aliphatic carbocycles. The van der Waals surface area contributed by atoms with Crippen LogP contribution in [-0.4, -0.2) is 65.0 Å². The number of benzene rings is 2. The molecule has 0 bridgehead atoms. The Hall–Kier alpha value is -2.90. The summed E-state index contributed by atoms with van der Waals surface area (Å²) in [5.41, 5.74) is 2.44. The van der Waals surface area contributed by atoms with Gasteiger partial charge < -0.3 is 20.1 Å². The molecule has 1 unspecified atom stereocenters. The van der Waals surface area contributed by atoms with Gasteiger partial charge in [0, 0.05) is 31.3 Å². The first-order chi connectivity index (χ1) is 15.6. The maximum atomic E-state index is 11.5. The monoisotopic (exact) mass is 434 g/mol. The summed E-state index contributed by atoms with van der Waals surface area (Å²) in [4.78, 5) is 13.8. The third kappa shape index (κ3) is 4.64. The summed E-state index contributed by atoms with van der Waals surface area (Å²) < 4.78 is 5.90. The lowest BCUT2D eigenvalue weighted by Crippen LogP contribution is -2.51. The van der Waals surface area contributed by atoms with Crippen LogP contribution >= 0.6 is 0 Å². The summed E-state index contributed by atoms with van der Waals surface area (Å²) in [6.07, 6.45) is 6.95. The van der Waals surface area contributed by atoms with Crippen LogP contribution in [0.2, 0.25) is 0 Å². The number of aromatic nitrogens is 2. The highest BCUT2D eigenvalue weighted by atomic mass is 16.5. The van der Waals surface area contributed by atoms with E-state index in [9.17, 15) is 9.90 Å². The van der Waals surface area contributed by atoms with Crippen LogP contribution in [0.15, 0.2) is 48.8 Å². The molecule has 2 aliphatic rings. The Balaban J connectivity index is 1.12. The van der Waals surface area contributed by atoms with Crippen molar-refractivity contribution in [3.63, 3.8) is 0 Å². The number of aliphatic hydroxyl groups is 1. The van der Waals surface area contributed by atoms with Crippen LogP contribution < -0.4 is 10.1 Å². The number of hydrogen-bond donors (Lipinski definition) is 3. The number of nitrogens with one attached hydrogen (secondary N) is 2. The molecule has 3 heterocycles. The number of aliphatic hydroxyl groups excluding tert-OH is 1. The lowest BCUT2D eigenvalue weighted by atomic mass is 9.73. The van der Waals surface area contributed by atoms with Gasteiger partial charge >= 0.3 is 0 Å². The molecule has 168 valence electrons. The van der Waals surface area contributed by atoms with Gasteiger partial charge in [-0.1, -0.05) is 18.2 Å². The van der Waals surface area contributed by atoms with E-state index in [2.05, 4.69) is 38.6 Å². The Morgan fingerprint density at radius 1 is 1.09 bits per heavy atom. The molecule has 32 heavy (non-hydrogen) atoms. The smallest absolute Gasteiger partial charge is 0.220 e. The zero-order valence-electron chi connectivity index (χ0n) is 18.2. The van der Waals surface area contributed by atoms with Gasteiger partial charge in [-0.05, 0) is 72.3 Å². The van der Waals surface area contributed by atoms with E-state index < -0.39 is 6.10 Å². The van der Waals surface area contributed by atoms with Crippen LogP contribution in [0.3, 0.4) is 0 Å². The van der Waals surface area contributed by atoms with Crippen molar-refractivity contribution in [2.45, 2.75) is 31.8 Å². The standard InChI is InChI=1S/C25H30N4O3/c30-22(15-29-9-7-25(8-10-29)6-5-24(31)26-17-25)16-32-23-4-3-18-11-19(1-2-20(18)12-23)21-13-27-28-14-21/h1-4,11-14,22,30H,5-10,15-17H2,(H,26,31)(H,27,28). The highest BCUT2D eigenvalue weighted by Gasteiger charge is 2.37. The summed E-state index contributed by atoms with van der Waals surface area (Å²) in [5.74, 6) is 0.945. The lowest BCUT2D eigenvalue weighted by molar-refractivity contribution is -0.125. The fourth-order valence-electron chi connectivity index (χ4n) is 4.92. The van der Waals surface area contributed by atoms with E-state index in [1.807, 2.05) is 30.6 Å². The molecule has 1 amide bonds. The largest absolute Gasteiger partial charge is 0.491 e. The molecule has 5 rings (SSSR count). The molecule has 0 saturated carbocycles. The number of carbonyl (C=O) groups excluding carboxylic acids is 1. The molecule has 1 spiro atoms. The van der Waals surface area contributed by atoms with Crippen molar-refractivity contribution in [3.05, 3.63) is 48.8 Å². The van der Waals surface area contributed by atoms with E-state index in [-0.39, 0.29) is 17.9 Å². The van der Waals surface area contributed by atoms with E-state index in [0.29, 0.717) is 13.0 Å². The molecule has 7 heteroatoms. The van der Waals surface area contributed by atoms with Gasteiger partial charge in [-0.2, -0.15) is 5.10 Å². The van der Waals surface area contributed by atoms with Crippen LogP contribution in [0.1, 0.15) is 25.7 Å². The third-order valence-electron chi connectivity index (χ3n) is 7.01. The topological polar surface area (TPSA) is 90.5 Å².